The smallest absolute Gasteiger partial charge is 0.190 e. The van der Waals surface area contributed by atoms with E-state index in [4.69, 9.17) is 4.74 Å². The molecule has 2 aromatic carbocycles. The van der Waals surface area contributed by atoms with Crippen LogP contribution in [0.4, 0.5) is 0 Å². The number of aryl methyl sites for hydroxylation is 1. The van der Waals surface area contributed by atoms with Crippen molar-refractivity contribution in [2.24, 2.45) is 16.8 Å². The average molecular weight is 519 g/mol. The van der Waals surface area contributed by atoms with Gasteiger partial charge in [-0.2, -0.15) is 0 Å². The summed E-state index contributed by atoms with van der Waals surface area (Å²) in [5.41, 5.74) is 4.04. The Bertz CT molecular complexity index is 809. The topological polar surface area (TPSA) is 45.7 Å². The van der Waals surface area contributed by atoms with Crippen LogP contribution in [-0.4, -0.2) is 32.7 Å². The lowest BCUT2D eigenvalue weighted by Gasteiger charge is -2.32. The van der Waals surface area contributed by atoms with Crippen molar-refractivity contribution in [1.82, 2.24) is 10.6 Å². The van der Waals surface area contributed by atoms with Crippen LogP contribution in [0.2, 0.25) is 0 Å². The van der Waals surface area contributed by atoms with Crippen molar-refractivity contribution in [3.63, 3.8) is 0 Å². The number of aliphatic imine (C=N–C) groups is 1. The molecule has 4 unspecified atom stereocenters. The average Bonchev–Trinajstić information content (AvgIpc) is 3.55. The standard InChI is InChI=1S/C25H33N3O.HI/c1-18-10-12-20(13-11-18)24-21(9-6-14-29-24)16-27-25(26-2)28-17-22-15-23(22)19-7-4-3-5-8-19;/h3-5,7-8,10-13,21-24H,6,9,14-17H2,1-2H3,(H2,26,27,28);1H. The van der Waals surface area contributed by atoms with Gasteiger partial charge in [0, 0.05) is 32.7 Å². The first-order chi connectivity index (χ1) is 14.2. The molecule has 2 aromatic rings. The van der Waals surface area contributed by atoms with E-state index in [0.29, 0.717) is 17.8 Å². The van der Waals surface area contributed by atoms with Gasteiger partial charge >= 0.3 is 0 Å². The minimum Gasteiger partial charge on any atom is -0.373 e. The summed E-state index contributed by atoms with van der Waals surface area (Å²) in [4.78, 5) is 4.43. The van der Waals surface area contributed by atoms with E-state index >= 15 is 0 Å². The van der Waals surface area contributed by atoms with Gasteiger partial charge in [-0.25, -0.2) is 0 Å². The molecule has 0 radical (unpaired) electrons. The Morgan fingerprint density at radius 2 is 1.67 bits per heavy atom. The lowest BCUT2D eigenvalue weighted by Crippen LogP contribution is -2.42. The highest BCUT2D eigenvalue weighted by atomic mass is 127. The van der Waals surface area contributed by atoms with Crippen molar-refractivity contribution < 1.29 is 4.74 Å². The summed E-state index contributed by atoms with van der Waals surface area (Å²) in [6, 6.07) is 19.6. The molecular weight excluding hydrogens is 485 g/mol. The van der Waals surface area contributed by atoms with Crippen LogP contribution < -0.4 is 10.6 Å². The van der Waals surface area contributed by atoms with Crippen molar-refractivity contribution in [3.05, 3.63) is 71.3 Å². The molecule has 4 atom stereocenters. The molecule has 1 saturated carbocycles. The maximum absolute atomic E-state index is 6.15. The van der Waals surface area contributed by atoms with Gasteiger partial charge in [0.1, 0.15) is 0 Å². The van der Waals surface area contributed by atoms with Crippen LogP contribution in [0.15, 0.2) is 59.6 Å². The fourth-order valence-corrected chi connectivity index (χ4v) is 4.43. The third kappa shape index (κ3) is 5.97. The number of nitrogens with one attached hydrogen (secondary N) is 2. The number of halogens is 1. The molecule has 5 heteroatoms. The van der Waals surface area contributed by atoms with Gasteiger partial charge in [-0.05, 0) is 49.1 Å². The monoisotopic (exact) mass is 519 g/mol. The van der Waals surface area contributed by atoms with Gasteiger partial charge in [0.15, 0.2) is 5.96 Å². The molecule has 0 spiro atoms. The Morgan fingerprint density at radius 1 is 0.967 bits per heavy atom. The lowest BCUT2D eigenvalue weighted by atomic mass is 9.89. The fourth-order valence-electron chi connectivity index (χ4n) is 4.43. The molecule has 0 amide bonds. The van der Waals surface area contributed by atoms with Crippen molar-refractivity contribution in [2.45, 2.75) is 38.2 Å². The summed E-state index contributed by atoms with van der Waals surface area (Å²) in [7, 11) is 1.85. The molecule has 2 N–H and O–H groups in total. The van der Waals surface area contributed by atoms with E-state index in [-0.39, 0.29) is 30.1 Å². The Kier molecular flexibility index (Phi) is 8.57. The lowest BCUT2D eigenvalue weighted by molar-refractivity contribution is -0.0265. The molecule has 2 aliphatic rings. The SMILES string of the molecule is CN=C(NCC1CC1c1ccccc1)NCC1CCCOC1c1ccc(C)cc1.I. The van der Waals surface area contributed by atoms with E-state index < -0.39 is 0 Å². The van der Waals surface area contributed by atoms with Crippen molar-refractivity contribution in [2.75, 3.05) is 26.7 Å². The van der Waals surface area contributed by atoms with Gasteiger partial charge in [0.2, 0.25) is 0 Å². The van der Waals surface area contributed by atoms with Crippen molar-refractivity contribution >= 4 is 29.9 Å². The number of benzene rings is 2. The first-order valence-corrected chi connectivity index (χ1v) is 10.9. The maximum Gasteiger partial charge on any atom is 0.190 e. The highest BCUT2D eigenvalue weighted by Gasteiger charge is 2.38. The van der Waals surface area contributed by atoms with Crippen molar-refractivity contribution in [3.8, 4) is 0 Å². The molecule has 0 bridgehead atoms. The van der Waals surface area contributed by atoms with Crippen LogP contribution in [0.5, 0.6) is 0 Å². The summed E-state index contributed by atoms with van der Waals surface area (Å²) < 4.78 is 6.15. The fraction of sp³-hybridized carbons (Fsp3) is 0.480. The molecule has 30 heavy (non-hydrogen) atoms. The Morgan fingerprint density at radius 3 is 2.37 bits per heavy atom. The molecule has 1 aliphatic heterocycles. The third-order valence-electron chi connectivity index (χ3n) is 6.29. The molecule has 0 aromatic heterocycles. The van der Waals surface area contributed by atoms with Crippen LogP contribution >= 0.6 is 24.0 Å². The van der Waals surface area contributed by atoms with E-state index in [1.165, 1.54) is 29.5 Å². The quantitative estimate of drug-likeness (QED) is 0.319. The molecule has 4 nitrogen and oxygen atoms in total. The normalized spacial score (nSPS) is 25.9. The van der Waals surface area contributed by atoms with Crippen LogP contribution in [0.3, 0.4) is 0 Å². The van der Waals surface area contributed by atoms with E-state index in [2.05, 4.69) is 77.1 Å². The second kappa shape index (κ2) is 11.1. The number of ether oxygens (including phenoxy) is 1. The first kappa shape index (κ1) is 23.1. The predicted molar refractivity (Wildman–Crippen MR) is 135 cm³/mol. The molecule has 1 saturated heterocycles. The highest BCUT2D eigenvalue weighted by molar-refractivity contribution is 14.0. The minimum absolute atomic E-state index is 0. The van der Waals surface area contributed by atoms with Gasteiger partial charge in [0.25, 0.3) is 0 Å². The Labute approximate surface area is 197 Å². The molecular formula is C25H34IN3O. The predicted octanol–water partition coefficient (Wildman–Crippen LogP) is 5.05. The summed E-state index contributed by atoms with van der Waals surface area (Å²) in [5.74, 6) is 2.76. The third-order valence-corrected chi connectivity index (χ3v) is 6.29. The Hall–Kier alpha value is -1.60. The van der Waals surface area contributed by atoms with Crippen LogP contribution in [0, 0.1) is 18.8 Å². The zero-order valence-corrected chi connectivity index (χ0v) is 20.3. The van der Waals surface area contributed by atoms with E-state index in [0.717, 1.165) is 32.1 Å². The summed E-state index contributed by atoms with van der Waals surface area (Å²) in [6.45, 7) is 4.83. The molecule has 2 fully saturated rings. The number of guanidine groups is 1. The van der Waals surface area contributed by atoms with Crippen LogP contribution in [0.1, 0.15) is 48.0 Å². The summed E-state index contributed by atoms with van der Waals surface area (Å²) >= 11 is 0. The van der Waals surface area contributed by atoms with Gasteiger partial charge < -0.3 is 15.4 Å². The second-order valence-electron chi connectivity index (χ2n) is 8.45. The van der Waals surface area contributed by atoms with Crippen molar-refractivity contribution in [1.29, 1.82) is 0 Å². The maximum atomic E-state index is 6.15. The first-order valence-electron chi connectivity index (χ1n) is 10.9. The molecule has 1 heterocycles. The molecule has 162 valence electrons. The van der Waals surface area contributed by atoms with Gasteiger partial charge in [-0.15, -0.1) is 24.0 Å². The van der Waals surface area contributed by atoms with E-state index in [9.17, 15) is 0 Å². The minimum atomic E-state index is 0. The number of nitrogens with zero attached hydrogens (tertiary/aromatic N) is 1. The molecule has 1 aliphatic carbocycles. The summed E-state index contributed by atoms with van der Waals surface area (Å²) in [6.07, 6.45) is 3.74. The van der Waals surface area contributed by atoms with Crippen LogP contribution in [0.25, 0.3) is 0 Å². The van der Waals surface area contributed by atoms with Gasteiger partial charge in [-0.1, -0.05) is 60.2 Å². The zero-order chi connectivity index (χ0) is 20.1. The number of rotatable bonds is 6. The summed E-state index contributed by atoms with van der Waals surface area (Å²) in [5, 5.41) is 7.08. The number of hydrogen-bond acceptors (Lipinski definition) is 2. The second-order valence-corrected chi connectivity index (χ2v) is 8.45. The van der Waals surface area contributed by atoms with Crippen LogP contribution in [-0.2, 0) is 4.74 Å². The van der Waals surface area contributed by atoms with Gasteiger partial charge in [-0.3, -0.25) is 4.99 Å². The van der Waals surface area contributed by atoms with E-state index in [1.54, 1.807) is 0 Å². The zero-order valence-electron chi connectivity index (χ0n) is 18.0. The highest BCUT2D eigenvalue weighted by Crippen LogP contribution is 2.46. The van der Waals surface area contributed by atoms with Gasteiger partial charge in [0.05, 0.1) is 6.10 Å². The number of hydrogen-bond donors (Lipinski definition) is 2. The largest absolute Gasteiger partial charge is 0.373 e. The molecule has 4 rings (SSSR count). The Balaban J connectivity index is 0.00000256. The van der Waals surface area contributed by atoms with E-state index in [1.807, 2.05) is 7.05 Å².